The highest BCUT2D eigenvalue weighted by Gasteiger charge is 2.28. The van der Waals surface area contributed by atoms with Crippen LogP contribution in [-0.4, -0.2) is 21.7 Å². The Morgan fingerprint density at radius 3 is 2.92 bits per heavy atom. The van der Waals surface area contributed by atoms with Crippen LogP contribution in [0.5, 0.6) is 0 Å². The molecule has 1 heterocycles. The van der Waals surface area contributed by atoms with Gasteiger partial charge in [0, 0.05) is 23.6 Å². The summed E-state index contributed by atoms with van der Waals surface area (Å²) in [5.74, 6) is 0.0813. The number of hydrogen-bond donors (Lipinski definition) is 1. The Hall–Kier alpha value is -2.27. The maximum absolute atomic E-state index is 12.4. The molecule has 2 aromatic rings. The summed E-state index contributed by atoms with van der Waals surface area (Å²) in [6.07, 6.45) is 3.29. The number of nitrogens with zero attached hydrogens (tertiary/aromatic N) is 2. The summed E-state index contributed by atoms with van der Waals surface area (Å²) in [5.41, 5.74) is 2.24. The van der Waals surface area contributed by atoms with Gasteiger partial charge in [-0.1, -0.05) is 37.6 Å². The summed E-state index contributed by atoms with van der Waals surface area (Å²) in [6.45, 7) is 3.80. The molecule has 2 atom stereocenters. The van der Waals surface area contributed by atoms with Gasteiger partial charge >= 0.3 is 0 Å². The number of benzene rings is 1. The van der Waals surface area contributed by atoms with Crippen molar-refractivity contribution in [1.82, 2.24) is 9.97 Å². The molecular formula is C19H20ClN3O2. The van der Waals surface area contributed by atoms with Gasteiger partial charge in [0.25, 0.3) is 0 Å². The van der Waals surface area contributed by atoms with E-state index in [9.17, 15) is 9.59 Å². The standard InChI is InChI=1S/C19H20ClN3O2/c1-3-11(2)18(25)23-19-21-10-15-16(22-19)8-13(9-17(15)24)12-5-4-6-14(20)7-12/h4-7,10-11,13H,3,8-9H2,1-2H3,(H,21,22,23,25)/t11-,13+/m1/s1. The zero-order valence-electron chi connectivity index (χ0n) is 14.3. The number of carbonyl (C=O) groups excluding carboxylic acids is 2. The van der Waals surface area contributed by atoms with Crippen molar-refractivity contribution < 1.29 is 9.59 Å². The van der Waals surface area contributed by atoms with E-state index in [0.717, 1.165) is 12.0 Å². The minimum absolute atomic E-state index is 0.0195. The minimum atomic E-state index is -0.115. The van der Waals surface area contributed by atoms with E-state index in [1.165, 1.54) is 6.20 Å². The van der Waals surface area contributed by atoms with Crippen LogP contribution in [0.3, 0.4) is 0 Å². The maximum atomic E-state index is 12.4. The lowest BCUT2D eigenvalue weighted by Gasteiger charge is -2.23. The van der Waals surface area contributed by atoms with Gasteiger partial charge < -0.3 is 0 Å². The molecule has 130 valence electrons. The number of carbonyl (C=O) groups is 2. The first kappa shape index (κ1) is 17.5. The number of aromatic nitrogens is 2. The average molecular weight is 358 g/mol. The first-order valence-electron chi connectivity index (χ1n) is 8.43. The highest BCUT2D eigenvalue weighted by Crippen LogP contribution is 2.32. The molecule has 1 N–H and O–H groups in total. The third kappa shape index (κ3) is 3.87. The quantitative estimate of drug-likeness (QED) is 0.896. The third-order valence-electron chi connectivity index (χ3n) is 4.65. The molecule has 6 heteroatoms. The molecule has 0 radical (unpaired) electrons. The van der Waals surface area contributed by atoms with Crippen molar-refractivity contribution in [2.24, 2.45) is 5.92 Å². The molecule has 1 aliphatic rings. The first-order chi connectivity index (χ1) is 12.0. The van der Waals surface area contributed by atoms with Crippen LogP contribution in [0.2, 0.25) is 5.02 Å². The van der Waals surface area contributed by atoms with Gasteiger partial charge in [0.05, 0.1) is 11.3 Å². The van der Waals surface area contributed by atoms with Crippen molar-refractivity contribution in [1.29, 1.82) is 0 Å². The van der Waals surface area contributed by atoms with E-state index in [1.807, 2.05) is 38.1 Å². The molecular weight excluding hydrogens is 338 g/mol. The van der Waals surface area contributed by atoms with Crippen LogP contribution >= 0.6 is 11.6 Å². The van der Waals surface area contributed by atoms with Crippen LogP contribution in [0.1, 0.15) is 54.2 Å². The van der Waals surface area contributed by atoms with Crippen molar-refractivity contribution in [2.45, 2.75) is 39.0 Å². The van der Waals surface area contributed by atoms with E-state index >= 15 is 0 Å². The molecule has 0 unspecified atom stereocenters. The highest BCUT2D eigenvalue weighted by molar-refractivity contribution is 6.30. The zero-order valence-corrected chi connectivity index (χ0v) is 15.0. The fraction of sp³-hybridized carbons (Fsp3) is 0.368. The molecule has 25 heavy (non-hydrogen) atoms. The molecule has 1 amide bonds. The molecule has 3 rings (SSSR count). The molecule has 0 bridgehead atoms. The van der Waals surface area contributed by atoms with Crippen molar-refractivity contribution in [3.05, 3.63) is 52.3 Å². The second-order valence-electron chi connectivity index (χ2n) is 6.44. The Labute approximate surface area is 151 Å². The summed E-state index contributed by atoms with van der Waals surface area (Å²) < 4.78 is 0. The maximum Gasteiger partial charge on any atom is 0.229 e. The smallest absolute Gasteiger partial charge is 0.229 e. The molecule has 5 nitrogen and oxygen atoms in total. The molecule has 1 aromatic heterocycles. The number of anilines is 1. The van der Waals surface area contributed by atoms with E-state index in [1.54, 1.807) is 0 Å². The second-order valence-corrected chi connectivity index (χ2v) is 6.87. The normalized spacial score (nSPS) is 17.7. The number of fused-ring (bicyclic) bond motifs is 1. The Kier molecular flexibility index (Phi) is 5.13. The Bertz CT molecular complexity index is 822. The van der Waals surface area contributed by atoms with Gasteiger partial charge in [-0.15, -0.1) is 0 Å². The molecule has 0 aliphatic heterocycles. The summed E-state index contributed by atoms with van der Waals surface area (Å²) in [5, 5.41) is 3.38. The van der Waals surface area contributed by atoms with Crippen molar-refractivity contribution in [3.8, 4) is 0 Å². The van der Waals surface area contributed by atoms with Gasteiger partial charge in [-0.05, 0) is 36.5 Å². The van der Waals surface area contributed by atoms with E-state index in [4.69, 9.17) is 11.6 Å². The van der Waals surface area contributed by atoms with E-state index in [-0.39, 0.29) is 29.5 Å². The molecule has 0 spiro atoms. The van der Waals surface area contributed by atoms with Crippen LogP contribution < -0.4 is 5.32 Å². The largest absolute Gasteiger partial charge is 0.294 e. The van der Waals surface area contributed by atoms with Crippen LogP contribution in [0, 0.1) is 5.92 Å². The number of rotatable bonds is 4. The molecule has 0 saturated heterocycles. The van der Waals surface area contributed by atoms with E-state index < -0.39 is 0 Å². The Balaban J connectivity index is 1.85. The van der Waals surface area contributed by atoms with Crippen molar-refractivity contribution in [3.63, 3.8) is 0 Å². The van der Waals surface area contributed by atoms with Gasteiger partial charge in [-0.2, -0.15) is 0 Å². The number of Topliss-reactive ketones (excluding diaryl/α,β-unsaturated/α-hetero) is 1. The average Bonchev–Trinajstić information content (AvgIpc) is 2.60. The number of amides is 1. The summed E-state index contributed by atoms with van der Waals surface area (Å²) in [7, 11) is 0. The fourth-order valence-corrected chi connectivity index (χ4v) is 3.12. The van der Waals surface area contributed by atoms with Crippen LogP contribution in [0.15, 0.2) is 30.5 Å². The number of halogens is 1. The lowest BCUT2D eigenvalue weighted by Crippen LogP contribution is -2.24. The Morgan fingerprint density at radius 2 is 2.20 bits per heavy atom. The predicted molar refractivity (Wildman–Crippen MR) is 97.0 cm³/mol. The van der Waals surface area contributed by atoms with Crippen LogP contribution in [-0.2, 0) is 11.2 Å². The summed E-state index contributed by atoms with van der Waals surface area (Å²) >= 11 is 6.07. The van der Waals surface area contributed by atoms with E-state index in [0.29, 0.717) is 29.1 Å². The lowest BCUT2D eigenvalue weighted by atomic mass is 9.82. The summed E-state index contributed by atoms with van der Waals surface area (Å²) in [6, 6.07) is 7.56. The van der Waals surface area contributed by atoms with Gasteiger partial charge in [0.15, 0.2) is 5.78 Å². The molecule has 1 aromatic carbocycles. The summed E-state index contributed by atoms with van der Waals surface area (Å²) in [4.78, 5) is 33.0. The lowest BCUT2D eigenvalue weighted by molar-refractivity contribution is -0.119. The third-order valence-corrected chi connectivity index (χ3v) is 4.89. The molecule has 0 fully saturated rings. The van der Waals surface area contributed by atoms with Crippen LogP contribution in [0.4, 0.5) is 5.95 Å². The van der Waals surface area contributed by atoms with Gasteiger partial charge in [0.1, 0.15) is 0 Å². The van der Waals surface area contributed by atoms with Gasteiger partial charge in [-0.3, -0.25) is 14.9 Å². The monoisotopic (exact) mass is 357 g/mol. The van der Waals surface area contributed by atoms with Gasteiger partial charge in [0.2, 0.25) is 11.9 Å². The van der Waals surface area contributed by atoms with Crippen molar-refractivity contribution in [2.75, 3.05) is 5.32 Å². The predicted octanol–water partition coefficient (Wildman–Crippen LogP) is 4.03. The Morgan fingerprint density at radius 1 is 1.40 bits per heavy atom. The molecule has 1 aliphatic carbocycles. The SMILES string of the molecule is CC[C@@H](C)C(=O)Nc1ncc2c(n1)C[C@H](c1cccc(Cl)c1)CC2=O. The zero-order chi connectivity index (χ0) is 18.0. The van der Waals surface area contributed by atoms with Crippen molar-refractivity contribution >= 4 is 29.2 Å². The van der Waals surface area contributed by atoms with E-state index in [2.05, 4.69) is 15.3 Å². The first-order valence-corrected chi connectivity index (χ1v) is 8.81. The fourth-order valence-electron chi connectivity index (χ4n) is 2.92. The number of hydrogen-bond acceptors (Lipinski definition) is 4. The van der Waals surface area contributed by atoms with Gasteiger partial charge in [-0.25, -0.2) is 9.97 Å². The second kappa shape index (κ2) is 7.31. The molecule has 0 saturated carbocycles. The minimum Gasteiger partial charge on any atom is -0.294 e. The highest BCUT2D eigenvalue weighted by atomic mass is 35.5. The van der Waals surface area contributed by atoms with Crippen LogP contribution in [0.25, 0.3) is 0 Å². The number of ketones is 1. The number of nitrogens with one attached hydrogen (secondary N) is 1. The topological polar surface area (TPSA) is 72.0 Å².